The molecule has 11 N–H and O–H groups in total. The predicted octanol–water partition coefficient (Wildman–Crippen LogP) is 2.66. The van der Waals surface area contributed by atoms with E-state index in [0.717, 1.165) is 0 Å². The van der Waals surface area contributed by atoms with E-state index in [1.165, 1.54) is 0 Å². The number of hydrogen-bond acceptors (Lipinski definition) is 16. The molecule has 0 aliphatic carbocycles. The van der Waals surface area contributed by atoms with Crippen LogP contribution >= 0.6 is 0 Å². The molecule has 3 aliphatic rings. The van der Waals surface area contributed by atoms with Gasteiger partial charge in [0.05, 0.1) is 73.6 Å². The third-order valence-electron chi connectivity index (χ3n) is 12.3. The van der Waals surface area contributed by atoms with E-state index in [0.29, 0.717) is 0 Å². The Morgan fingerprint density at radius 1 is 0.621 bits per heavy atom. The van der Waals surface area contributed by atoms with E-state index in [1.54, 1.807) is 82.4 Å². The fraction of sp³-hybridized carbons (Fsp3) is 0.673. The molecule has 2 bridgehead atoms. The largest absolute Gasteiger partial charge is 0.481 e. The third kappa shape index (κ3) is 19.3. The number of carboxylic acids is 1. The van der Waals surface area contributed by atoms with Gasteiger partial charge in [0.2, 0.25) is 0 Å². The Labute approximate surface area is 389 Å². The summed E-state index contributed by atoms with van der Waals surface area (Å²) in [6.07, 6.45) is 4.63. The van der Waals surface area contributed by atoms with Crippen molar-refractivity contribution in [1.29, 1.82) is 0 Å². The van der Waals surface area contributed by atoms with Crippen molar-refractivity contribution in [1.82, 2.24) is 0 Å². The lowest BCUT2D eigenvalue weighted by atomic mass is 9.82. The van der Waals surface area contributed by atoms with E-state index >= 15 is 0 Å². The molecule has 376 valence electrons. The number of esters is 1. The molecule has 3 rings (SSSR count). The molecule has 0 unspecified atom stereocenters. The van der Waals surface area contributed by atoms with Gasteiger partial charge in [-0.3, -0.25) is 9.59 Å². The average Bonchev–Trinajstić information content (AvgIpc) is 3.21. The minimum Gasteiger partial charge on any atom is -0.481 e. The first-order valence-electron chi connectivity index (χ1n) is 22.6. The topological polar surface area (TPSA) is 294 Å². The standard InChI is InChI=1S/C48H74O17.CH4/c1-28-18-16-14-12-10-8-6-7-9-11-13-15-17-19-36(64-47-45(58)30(3)44(57)32(5)63-47)25-40-42(46(59)60)39(54)27-48(61,65-40)26-35(51)23-38(53)37(52)21-20-33(49)22-34(50)24-41(55)62-31(4)29(2)43(28)56;/h6-19,28-40,42-45,47,49-54,56-58,61H,20-27H2,1-5H3,(H,59,60);1H4/b7-6+,10-8+,11-9+,14-12+,15-13+,18-16+,19-17+;/t28-,29-,30-,31-,32+,33+,34+,35-,36-,37+,38+,39-,40+,42+,43+,44-,45-,47+,48+;/m0./s1. The Morgan fingerprint density at radius 2 is 1.18 bits per heavy atom. The van der Waals surface area contributed by atoms with Crippen LogP contribution in [0.1, 0.15) is 93.4 Å². The lowest BCUT2D eigenvalue weighted by Gasteiger charge is -2.45. The van der Waals surface area contributed by atoms with Gasteiger partial charge >= 0.3 is 11.9 Å². The number of allylic oxidation sites excluding steroid dienone is 12. The molecule has 3 heterocycles. The number of carbonyl (C=O) groups excluding carboxylic acids is 1. The summed E-state index contributed by atoms with van der Waals surface area (Å²) in [4.78, 5) is 25.1. The van der Waals surface area contributed by atoms with Gasteiger partial charge in [0.25, 0.3) is 0 Å². The van der Waals surface area contributed by atoms with Gasteiger partial charge in [0, 0.05) is 43.4 Å². The summed E-state index contributed by atoms with van der Waals surface area (Å²) >= 11 is 0. The van der Waals surface area contributed by atoms with Gasteiger partial charge in [-0.2, -0.15) is 0 Å². The first-order valence-corrected chi connectivity index (χ1v) is 22.6. The average molecular weight is 939 g/mol. The van der Waals surface area contributed by atoms with E-state index in [1.807, 2.05) is 37.3 Å². The minimum atomic E-state index is -2.31. The Kier molecular flexibility index (Phi) is 25.6. The zero-order chi connectivity index (χ0) is 48.4. The van der Waals surface area contributed by atoms with Crippen LogP contribution in [-0.2, 0) is 28.5 Å². The van der Waals surface area contributed by atoms with Crippen molar-refractivity contribution in [2.45, 2.75) is 185 Å². The summed E-state index contributed by atoms with van der Waals surface area (Å²) in [6.45, 7) is 8.46. The molecule has 3 aliphatic heterocycles. The van der Waals surface area contributed by atoms with E-state index in [9.17, 15) is 65.8 Å². The normalized spacial score (nSPS) is 44.8. The number of carboxylic acid groups (broad SMARTS) is 1. The molecular formula is C49H78O17. The summed E-state index contributed by atoms with van der Waals surface area (Å²) in [5.74, 6) is -7.40. The van der Waals surface area contributed by atoms with Gasteiger partial charge in [-0.25, -0.2) is 0 Å². The highest BCUT2D eigenvalue weighted by atomic mass is 16.7. The van der Waals surface area contributed by atoms with Crippen molar-refractivity contribution in [3.63, 3.8) is 0 Å². The first kappa shape index (κ1) is 58.7. The smallest absolute Gasteiger partial charge is 0.311 e. The molecule has 2 fully saturated rings. The molecule has 17 heteroatoms. The third-order valence-corrected chi connectivity index (χ3v) is 12.3. The number of aliphatic hydroxyl groups excluding tert-OH is 9. The van der Waals surface area contributed by atoms with Crippen molar-refractivity contribution in [3.8, 4) is 0 Å². The van der Waals surface area contributed by atoms with E-state index < -0.39 is 147 Å². The van der Waals surface area contributed by atoms with Crippen molar-refractivity contribution >= 4 is 11.9 Å². The molecule has 66 heavy (non-hydrogen) atoms. The maximum absolute atomic E-state index is 12.6. The van der Waals surface area contributed by atoms with Crippen molar-refractivity contribution < 1.29 is 84.7 Å². The molecular weight excluding hydrogens is 861 g/mol. The van der Waals surface area contributed by atoms with Gasteiger partial charge in [-0.15, -0.1) is 0 Å². The van der Waals surface area contributed by atoms with Crippen LogP contribution in [-0.4, -0.2) is 160 Å². The quantitative estimate of drug-likeness (QED) is 0.181. The SMILES string of the molecule is C.C[C@@H]1[C@H](O)[C@@H](O[C@H]2/C=C/C=C/C=C/C=C/C=C/C=C/C=C/[C@H](C)[C@@H](O)[C@@H](C)[C@H](C)OC(=O)C[C@H](O)C[C@H](O)CC[C@@H](O)[C@H](O)C[C@H](O)C[C@]3(O)C[C@H](O)[C@@H](C(=O)O)[C@@H](C2)O3)O[C@H](C)[C@H]1O. The fourth-order valence-corrected chi connectivity index (χ4v) is 8.15. The fourth-order valence-electron chi connectivity index (χ4n) is 8.15. The number of aliphatic hydroxyl groups is 10. The highest BCUT2D eigenvalue weighted by molar-refractivity contribution is 5.71. The number of hydrogen-bond donors (Lipinski definition) is 11. The zero-order valence-electron chi connectivity index (χ0n) is 38.0. The Morgan fingerprint density at radius 3 is 1.76 bits per heavy atom. The molecule has 0 spiro atoms. The number of cyclic esters (lactones) is 1. The highest BCUT2D eigenvalue weighted by Gasteiger charge is 2.51. The van der Waals surface area contributed by atoms with Crippen LogP contribution in [0.4, 0.5) is 0 Å². The van der Waals surface area contributed by atoms with Gasteiger partial charge in [-0.05, 0) is 33.1 Å². The maximum Gasteiger partial charge on any atom is 0.311 e. The van der Waals surface area contributed by atoms with Crippen LogP contribution in [0.25, 0.3) is 0 Å². The summed E-state index contributed by atoms with van der Waals surface area (Å²) in [5, 5.41) is 118. The Bertz CT molecular complexity index is 1660. The Hall–Kier alpha value is -3.40. The molecule has 0 amide bonds. The highest BCUT2D eigenvalue weighted by Crippen LogP contribution is 2.38. The molecule has 0 saturated carbocycles. The number of rotatable bonds is 3. The molecule has 0 aromatic heterocycles. The zero-order valence-corrected chi connectivity index (χ0v) is 38.0. The van der Waals surface area contributed by atoms with Gasteiger partial charge < -0.3 is 75.1 Å². The van der Waals surface area contributed by atoms with Gasteiger partial charge in [0.15, 0.2) is 12.1 Å². The van der Waals surface area contributed by atoms with Gasteiger partial charge in [-0.1, -0.05) is 113 Å². The number of aliphatic carboxylic acids is 1. The molecule has 2 saturated heterocycles. The monoisotopic (exact) mass is 939 g/mol. The van der Waals surface area contributed by atoms with Gasteiger partial charge in [0.1, 0.15) is 18.1 Å². The lowest BCUT2D eigenvalue weighted by Crippen LogP contribution is -2.57. The number of ether oxygens (including phenoxy) is 4. The summed E-state index contributed by atoms with van der Waals surface area (Å²) in [6, 6.07) is 0. The van der Waals surface area contributed by atoms with Crippen LogP contribution in [0.15, 0.2) is 85.1 Å². The Balaban J connectivity index is 0.0000150. The van der Waals surface area contributed by atoms with Crippen LogP contribution < -0.4 is 0 Å². The van der Waals surface area contributed by atoms with E-state index in [-0.39, 0.29) is 39.0 Å². The predicted molar refractivity (Wildman–Crippen MR) is 245 cm³/mol. The lowest BCUT2D eigenvalue weighted by molar-refractivity contribution is -0.311. The minimum absolute atomic E-state index is 0. The van der Waals surface area contributed by atoms with Crippen LogP contribution in [0.5, 0.6) is 0 Å². The first-order chi connectivity index (χ1) is 30.6. The van der Waals surface area contributed by atoms with Crippen molar-refractivity contribution in [2.75, 3.05) is 0 Å². The molecule has 0 radical (unpaired) electrons. The second-order valence-electron chi connectivity index (χ2n) is 17.8. The molecule has 19 atom stereocenters. The van der Waals surface area contributed by atoms with E-state index in [4.69, 9.17) is 18.9 Å². The molecule has 0 aromatic rings. The number of fused-ring (bicyclic) bond motifs is 2. The van der Waals surface area contributed by atoms with E-state index in [2.05, 4.69) is 0 Å². The molecule has 17 nitrogen and oxygen atoms in total. The van der Waals surface area contributed by atoms with Crippen molar-refractivity contribution in [3.05, 3.63) is 85.1 Å². The second-order valence-corrected chi connectivity index (χ2v) is 17.8. The maximum atomic E-state index is 12.6. The summed E-state index contributed by atoms with van der Waals surface area (Å²) in [5.41, 5.74) is 0. The number of carbonyl (C=O) groups is 2. The second kappa shape index (κ2) is 28.8. The van der Waals surface area contributed by atoms with Crippen LogP contribution in [0.2, 0.25) is 0 Å². The molecule has 0 aromatic carbocycles. The van der Waals surface area contributed by atoms with Crippen molar-refractivity contribution in [2.24, 2.45) is 23.7 Å². The van der Waals surface area contributed by atoms with Crippen LogP contribution in [0, 0.1) is 23.7 Å². The summed E-state index contributed by atoms with van der Waals surface area (Å²) < 4.78 is 23.3. The summed E-state index contributed by atoms with van der Waals surface area (Å²) in [7, 11) is 0. The van der Waals surface area contributed by atoms with Crippen LogP contribution in [0.3, 0.4) is 0 Å².